The smallest absolute Gasteiger partial charge is 0.0222 e. The summed E-state index contributed by atoms with van der Waals surface area (Å²) in [6.07, 6.45) is 4.62. The summed E-state index contributed by atoms with van der Waals surface area (Å²) >= 11 is 3.69. The van der Waals surface area contributed by atoms with Gasteiger partial charge in [-0.15, -0.1) is 0 Å². The van der Waals surface area contributed by atoms with E-state index in [1.54, 1.807) is 0 Å². The van der Waals surface area contributed by atoms with Gasteiger partial charge in [0.1, 0.15) is 0 Å². The first-order valence-corrected chi connectivity index (χ1v) is 6.48. The van der Waals surface area contributed by atoms with Crippen molar-refractivity contribution in [1.29, 1.82) is 0 Å². The molecule has 1 aliphatic carbocycles. The zero-order valence-corrected chi connectivity index (χ0v) is 10.8. The van der Waals surface area contributed by atoms with Crippen LogP contribution < -0.4 is 0 Å². The predicted molar refractivity (Wildman–Crippen MR) is 73.6 cm³/mol. The van der Waals surface area contributed by atoms with E-state index in [9.17, 15) is 0 Å². The van der Waals surface area contributed by atoms with Crippen LogP contribution in [0, 0.1) is 0 Å². The molecular weight excluding hydrogens is 260 g/mol. The third kappa shape index (κ3) is 1.42. The summed E-state index contributed by atoms with van der Waals surface area (Å²) in [5.74, 6) is 0. The van der Waals surface area contributed by atoms with E-state index in [0.717, 1.165) is 12.8 Å². The number of fused-ring (bicyclic) bond motifs is 3. The Morgan fingerprint density at radius 3 is 2.88 bits per heavy atom. The first-order chi connectivity index (χ1) is 7.79. The van der Waals surface area contributed by atoms with Crippen molar-refractivity contribution in [3.05, 3.63) is 51.5 Å². The maximum atomic E-state index is 3.69. The average Bonchev–Trinajstić information content (AvgIpc) is 2.74. The summed E-state index contributed by atoms with van der Waals surface area (Å²) in [4.78, 5) is 0. The SMILES string of the molecule is CCC1=Cc2c(c(Br)cc3ccccc23)C1. The van der Waals surface area contributed by atoms with Crippen LogP contribution in [0.3, 0.4) is 0 Å². The van der Waals surface area contributed by atoms with Crippen LogP contribution in [-0.4, -0.2) is 0 Å². The molecule has 0 amide bonds. The Kier molecular flexibility index (Phi) is 2.36. The van der Waals surface area contributed by atoms with Crippen molar-refractivity contribution < 1.29 is 0 Å². The Bertz CT molecular complexity index is 594. The van der Waals surface area contributed by atoms with Crippen LogP contribution in [0.5, 0.6) is 0 Å². The number of benzene rings is 2. The molecule has 0 saturated carbocycles. The molecule has 0 aromatic heterocycles. The summed E-state index contributed by atoms with van der Waals surface area (Å²) in [6, 6.07) is 10.9. The molecule has 2 aromatic rings. The van der Waals surface area contributed by atoms with Gasteiger partial charge in [0.05, 0.1) is 0 Å². The summed E-state index contributed by atoms with van der Waals surface area (Å²) in [5.41, 5.74) is 4.41. The second-order valence-corrected chi connectivity index (χ2v) is 5.16. The molecule has 0 atom stereocenters. The van der Waals surface area contributed by atoms with Crippen LogP contribution in [0.15, 0.2) is 40.4 Å². The van der Waals surface area contributed by atoms with Gasteiger partial charge in [-0.3, -0.25) is 0 Å². The number of halogens is 1. The summed E-state index contributed by atoms with van der Waals surface area (Å²) < 4.78 is 1.25. The van der Waals surface area contributed by atoms with Crippen molar-refractivity contribution in [3.8, 4) is 0 Å². The molecule has 0 heterocycles. The highest BCUT2D eigenvalue weighted by molar-refractivity contribution is 9.10. The van der Waals surface area contributed by atoms with Crippen molar-refractivity contribution >= 4 is 32.8 Å². The maximum absolute atomic E-state index is 3.69. The van der Waals surface area contributed by atoms with Crippen LogP contribution in [0.1, 0.15) is 24.5 Å². The van der Waals surface area contributed by atoms with Gasteiger partial charge in [-0.2, -0.15) is 0 Å². The Morgan fingerprint density at radius 1 is 1.25 bits per heavy atom. The van der Waals surface area contributed by atoms with Crippen LogP contribution in [0.2, 0.25) is 0 Å². The highest BCUT2D eigenvalue weighted by Gasteiger charge is 2.16. The predicted octanol–water partition coefficient (Wildman–Crippen LogP) is 4.95. The molecule has 0 unspecified atom stereocenters. The van der Waals surface area contributed by atoms with Gasteiger partial charge in [-0.25, -0.2) is 0 Å². The second kappa shape index (κ2) is 3.74. The minimum Gasteiger partial charge on any atom is -0.0654 e. The lowest BCUT2D eigenvalue weighted by Crippen LogP contribution is -1.87. The van der Waals surface area contributed by atoms with E-state index < -0.39 is 0 Å². The minimum absolute atomic E-state index is 1.11. The van der Waals surface area contributed by atoms with E-state index in [1.165, 1.54) is 31.9 Å². The molecule has 2 aromatic carbocycles. The zero-order valence-electron chi connectivity index (χ0n) is 9.26. The lowest BCUT2D eigenvalue weighted by atomic mass is 10.0. The monoisotopic (exact) mass is 272 g/mol. The van der Waals surface area contributed by atoms with Crippen LogP contribution in [0.4, 0.5) is 0 Å². The highest BCUT2D eigenvalue weighted by Crippen LogP contribution is 2.37. The molecule has 3 rings (SSSR count). The fraction of sp³-hybridized carbons (Fsp3) is 0.200. The lowest BCUT2D eigenvalue weighted by Gasteiger charge is -2.07. The normalized spacial score (nSPS) is 14.0. The molecule has 1 aliphatic rings. The molecule has 80 valence electrons. The second-order valence-electron chi connectivity index (χ2n) is 4.30. The van der Waals surface area contributed by atoms with Gasteiger partial charge in [0.25, 0.3) is 0 Å². The Labute approximate surface area is 104 Å². The molecule has 16 heavy (non-hydrogen) atoms. The first-order valence-electron chi connectivity index (χ1n) is 5.69. The molecular formula is C15H13Br. The number of allylic oxidation sites excluding steroid dienone is 1. The fourth-order valence-corrected chi connectivity index (χ4v) is 3.04. The van der Waals surface area contributed by atoms with Gasteiger partial charge in [0.15, 0.2) is 0 Å². The van der Waals surface area contributed by atoms with E-state index in [-0.39, 0.29) is 0 Å². The van der Waals surface area contributed by atoms with Gasteiger partial charge in [0.2, 0.25) is 0 Å². The fourth-order valence-electron chi connectivity index (χ4n) is 2.44. The van der Waals surface area contributed by atoms with Gasteiger partial charge in [-0.05, 0) is 40.8 Å². The van der Waals surface area contributed by atoms with E-state index in [2.05, 4.69) is 59.3 Å². The Morgan fingerprint density at radius 2 is 2.06 bits per heavy atom. The van der Waals surface area contributed by atoms with Gasteiger partial charge >= 0.3 is 0 Å². The standard InChI is InChI=1S/C15H13Br/c1-2-10-7-13-12-6-4-3-5-11(12)9-15(16)14(13)8-10/h3-7,9H,2,8H2,1H3. The summed E-state index contributed by atoms with van der Waals surface area (Å²) in [7, 11) is 0. The molecule has 0 bridgehead atoms. The Hall–Kier alpha value is -1.08. The summed E-state index contributed by atoms with van der Waals surface area (Å²) in [5, 5.41) is 2.70. The quantitative estimate of drug-likeness (QED) is 0.689. The minimum atomic E-state index is 1.11. The molecule has 0 N–H and O–H groups in total. The third-order valence-corrected chi connectivity index (χ3v) is 4.06. The Balaban J connectivity index is 2.36. The van der Waals surface area contributed by atoms with Gasteiger partial charge in [-0.1, -0.05) is 58.8 Å². The third-order valence-electron chi connectivity index (χ3n) is 3.35. The lowest BCUT2D eigenvalue weighted by molar-refractivity contribution is 1.04. The molecule has 0 fully saturated rings. The van der Waals surface area contributed by atoms with Crippen molar-refractivity contribution in [3.63, 3.8) is 0 Å². The average molecular weight is 273 g/mol. The van der Waals surface area contributed by atoms with Crippen molar-refractivity contribution in [2.45, 2.75) is 19.8 Å². The molecule has 0 saturated heterocycles. The molecule has 0 nitrogen and oxygen atoms in total. The summed E-state index contributed by atoms with van der Waals surface area (Å²) in [6.45, 7) is 2.23. The van der Waals surface area contributed by atoms with E-state index in [1.807, 2.05) is 0 Å². The van der Waals surface area contributed by atoms with Crippen LogP contribution >= 0.6 is 15.9 Å². The molecule has 0 spiro atoms. The topological polar surface area (TPSA) is 0 Å². The van der Waals surface area contributed by atoms with Crippen molar-refractivity contribution in [1.82, 2.24) is 0 Å². The molecule has 0 radical (unpaired) electrons. The van der Waals surface area contributed by atoms with E-state index in [0.29, 0.717) is 0 Å². The van der Waals surface area contributed by atoms with E-state index in [4.69, 9.17) is 0 Å². The number of hydrogen-bond acceptors (Lipinski definition) is 0. The van der Waals surface area contributed by atoms with Crippen LogP contribution in [-0.2, 0) is 6.42 Å². The highest BCUT2D eigenvalue weighted by atomic mass is 79.9. The number of hydrogen-bond donors (Lipinski definition) is 0. The van der Waals surface area contributed by atoms with Gasteiger partial charge < -0.3 is 0 Å². The van der Waals surface area contributed by atoms with Crippen molar-refractivity contribution in [2.75, 3.05) is 0 Å². The largest absolute Gasteiger partial charge is 0.0654 e. The van der Waals surface area contributed by atoms with E-state index >= 15 is 0 Å². The molecule has 0 aliphatic heterocycles. The van der Waals surface area contributed by atoms with Crippen molar-refractivity contribution in [2.24, 2.45) is 0 Å². The van der Waals surface area contributed by atoms with Gasteiger partial charge in [0, 0.05) is 4.47 Å². The maximum Gasteiger partial charge on any atom is 0.0222 e. The van der Waals surface area contributed by atoms with Crippen LogP contribution in [0.25, 0.3) is 16.8 Å². The molecule has 1 heteroatoms. The first kappa shape index (κ1) is 10.1. The number of rotatable bonds is 1. The zero-order chi connectivity index (χ0) is 11.1.